The number of ether oxygens (including phenoxy) is 2. The summed E-state index contributed by atoms with van der Waals surface area (Å²) in [4.78, 5) is 22.1. The van der Waals surface area contributed by atoms with Crippen LogP contribution in [0.2, 0.25) is 0 Å². The van der Waals surface area contributed by atoms with Crippen LogP contribution in [-0.4, -0.2) is 56.7 Å². The quantitative estimate of drug-likeness (QED) is 0.219. The molecule has 4 rings (SSSR count). The summed E-state index contributed by atoms with van der Waals surface area (Å²) in [7, 11) is 7.38. The molecular formula is C33H40N4O3. The van der Waals surface area contributed by atoms with Gasteiger partial charge in [-0.15, -0.1) is 0 Å². The first-order valence-electron chi connectivity index (χ1n) is 13.7. The number of methoxy groups -OCH3 is 2. The first-order chi connectivity index (χ1) is 19.4. The van der Waals surface area contributed by atoms with Crippen LogP contribution in [0.1, 0.15) is 30.9 Å². The van der Waals surface area contributed by atoms with Gasteiger partial charge in [-0.1, -0.05) is 30.3 Å². The maximum Gasteiger partial charge on any atom is 0.227 e. The molecule has 0 aliphatic carbocycles. The molecule has 1 heterocycles. The average Bonchev–Trinajstić information content (AvgIpc) is 2.97. The van der Waals surface area contributed by atoms with E-state index in [1.165, 1.54) is 0 Å². The van der Waals surface area contributed by atoms with Crippen LogP contribution in [0.3, 0.4) is 0 Å². The molecule has 0 fully saturated rings. The maximum atomic E-state index is 13.5. The minimum Gasteiger partial charge on any atom is -0.497 e. The Hall–Kier alpha value is -4.26. The van der Waals surface area contributed by atoms with Gasteiger partial charge in [0.25, 0.3) is 0 Å². The fourth-order valence-corrected chi connectivity index (χ4v) is 4.76. The van der Waals surface area contributed by atoms with Crippen LogP contribution in [0.25, 0.3) is 10.9 Å². The number of nitrogens with zero attached hydrogens (tertiary/aromatic N) is 3. The summed E-state index contributed by atoms with van der Waals surface area (Å²) in [6.45, 7) is 3.42. The van der Waals surface area contributed by atoms with Gasteiger partial charge in [0.05, 0.1) is 31.8 Å². The predicted octanol–water partition coefficient (Wildman–Crippen LogP) is 6.17. The summed E-state index contributed by atoms with van der Waals surface area (Å²) < 4.78 is 10.8. The number of carbonyl (C=O) groups excluding carboxylic acids is 1. The van der Waals surface area contributed by atoms with Gasteiger partial charge in [0, 0.05) is 56.6 Å². The molecule has 1 N–H and O–H groups in total. The third-order valence-electron chi connectivity index (χ3n) is 7.07. The number of benzene rings is 3. The van der Waals surface area contributed by atoms with Gasteiger partial charge in [-0.3, -0.25) is 9.78 Å². The van der Waals surface area contributed by atoms with Crippen LogP contribution in [0, 0.1) is 0 Å². The van der Waals surface area contributed by atoms with Gasteiger partial charge < -0.3 is 24.6 Å². The first kappa shape index (κ1) is 28.7. The smallest absolute Gasteiger partial charge is 0.227 e. The van der Waals surface area contributed by atoms with E-state index < -0.39 is 0 Å². The molecule has 0 saturated heterocycles. The van der Waals surface area contributed by atoms with Crippen molar-refractivity contribution in [2.24, 2.45) is 0 Å². The molecule has 0 radical (unpaired) electrons. The number of hydrogen-bond acceptors (Lipinski definition) is 6. The molecule has 3 aromatic carbocycles. The molecule has 0 aliphatic heterocycles. The lowest BCUT2D eigenvalue weighted by atomic mass is 10.1. The summed E-state index contributed by atoms with van der Waals surface area (Å²) >= 11 is 0. The summed E-state index contributed by atoms with van der Waals surface area (Å²) in [6, 6.07) is 24.3. The minimum atomic E-state index is 0.116. The van der Waals surface area contributed by atoms with Gasteiger partial charge in [-0.05, 0) is 67.3 Å². The Bertz CT molecular complexity index is 1390. The van der Waals surface area contributed by atoms with Crippen molar-refractivity contribution in [2.45, 2.75) is 38.8 Å². The second-order valence-corrected chi connectivity index (χ2v) is 10.3. The van der Waals surface area contributed by atoms with Gasteiger partial charge >= 0.3 is 0 Å². The Morgan fingerprint density at radius 2 is 1.62 bits per heavy atom. The number of amides is 1. The van der Waals surface area contributed by atoms with Crippen molar-refractivity contribution in [1.29, 1.82) is 0 Å². The van der Waals surface area contributed by atoms with Crippen LogP contribution in [0.4, 0.5) is 11.4 Å². The van der Waals surface area contributed by atoms with E-state index in [-0.39, 0.29) is 11.9 Å². The summed E-state index contributed by atoms with van der Waals surface area (Å²) in [5, 5.41) is 4.65. The molecule has 0 aliphatic rings. The molecule has 0 bridgehead atoms. The Morgan fingerprint density at radius 3 is 2.30 bits per heavy atom. The van der Waals surface area contributed by atoms with Crippen LogP contribution in [0.5, 0.6) is 11.5 Å². The van der Waals surface area contributed by atoms with E-state index in [0.717, 1.165) is 57.7 Å². The van der Waals surface area contributed by atoms with Crippen molar-refractivity contribution in [2.75, 3.05) is 45.1 Å². The zero-order chi connectivity index (χ0) is 28.5. The van der Waals surface area contributed by atoms with E-state index >= 15 is 0 Å². The van der Waals surface area contributed by atoms with Crippen molar-refractivity contribution < 1.29 is 14.3 Å². The second-order valence-electron chi connectivity index (χ2n) is 10.3. The molecule has 210 valence electrons. The number of anilines is 2. The molecule has 1 atom stereocenters. The van der Waals surface area contributed by atoms with Gasteiger partial charge in [0.1, 0.15) is 11.5 Å². The van der Waals surface area contributed by atoms with Gasteiger partial charge in [0.2, 0.25) is 5.91 Å². The number of carbonyl (C=O) groups is 1. The third-order valence-corrected chi connectivity index (χ3v) is 7.07. The number of hydrogen-bond donors (Lipinski definition) is 1. The van der Waals surface area contributed by atoms with Crippen LogP contribution < -0.4 is 19.7 Å². The molecule has 1 aromatic heterocycles. The monoisotopic (exact) mass is 540 g/mol. The van der Waals surface area contributed by atoms with Crippen LogP contribution in [0.15, 0.2) is 79.0 Å². The third kappa shape index (κ3) is 7.65. The van der Waals surface area contributed by atoms with Crippen molar-refractivity contribution in [1.82, 2.24) is 9.88 Å². The molecule has 4 aromatic rings. The Morgan fingerprint density at radius 1 is 0.925 bits per heavy atom. The van der Waals surface area contributed by atoms with Crippen LogP contribution in [-0.2, 0) is 17.8 Å². The highest BCUT2D eigenvalue weighted by molar-refractivity contribution is 5.92. The highest BCUT2D eigenvalue weighted by Crippen LogP contribution is 2.28. The largest absolute Gasteiger partial charge is 0.497 e. The number of rotatable bonds is 13. The number of pyridine rings is 1. The lowest BCUT2D eigenvalue weighted by Gasteiger charge is -2.25. The molecule has 0 saturated carbocycles. The van der Waals surface area contributed by atoms with E-state index in [0.29, 0.717) is 19.5 Å². The summed E-state index contributed by atoms with van der Waals surface area (Å²) in [5.41, 5.74) is 5.11. The van der Waals surface area contributed by atoms with Gasteiger partial charge in [0.15, 0.2) is 0 Å². The molecule has 1 unspecified atom stereocenters. The maximum absolute atomic E-state index is 13.5. The van der Waals surface area contributed by atoms with Crippen molar-refractivity contribution in [3.63, 3.8) is 0 Å². The summed E-state index contributed by atoms with van der Waals surface area (Å²) in [5.74, 6) is 1.70. The minimum absolute atomic E-state index is 0.116. The van der Waals surface area contributed by atoms with Crippen LogP contribution >= 0.6 is 0 Å². The lowest BCUT2D eigenvalue weighted by Crippen LogP contribution is -2.33. The van der Waals surface area contributed by atoms with E-state index in [9.17, 15) is 4.79 Å². The van der Waals surface area contributed by atoms with Gasteiger partial charge in [-0.25, -0.2) is 0 Å². The normalized spacial score (nSPS) is 11.6. The zero-order valence-corrected chi connectivity index (χ0v) is 24.2. The van der Waals surface area contributed by atoms with E-state index in [4.69, 9.17) is 9.47 Å². The molecule has 7 nitrogen and oxygen atoms in total. The molecule has 0 spiro atoms. The summed E-state index contributed by atoms with van der Waals surface area (Å²) in [6.07, 6.45) is 3.93. The fraction of sp³-hybridized carbons (Fsp3) is 0.333. The van der Waals surface area contributed by atoms with E-state index in [2.05, 4.69) is 46.4 Å². The first-order valence-corrected chi connectivity index (χ1v) is 13.7. The second kappa shape index (κ2) is 13.7. The number of nitrogens with one attached hydrogen (secondary N) is 1. The predicted molar refractivity (Wildman–Crippen MR) is 163 cm³/mol. The highest BCUT2D eigenvalue weighted by Gasteiger charge is 2.16. The Balaban J connectivity index is 1.42. The molecule has 7 heteroatoms. The van der Waals surface area contributed by atoms with Crippen molar-refractivity contribution >= 4 is 28.2 Å². The van der Waals surface area contributed by atoms with E-state index in [1.807, 2.05) is 73.7 Å². The standard InChI is InChI=1S/C33H40N4O3/c1-24(35-31-22-30(40-5)21-27-9-6-18-34-33(27)31)8-7-19-37(23-26-10-14-28(15-11-26)36(2)3)32(38)20-25-12-16-29(39-4)17-13-25/h6,9-18,21-22,24,35H,7-8,19-20,23H2,1-5H3. The Labute approximate surface area is 237 Å². The van der Waals surface area contributed by atoms with Crippen molar-refractivity contribution in [3.8, 4) is 11.5 Å². The SMILES string of the molecule is COc1ccc(CC(=O)N(CCCC(C)Nc2cc(OC)cc3cccnc23)Cc2ccc(N(C)C)cc2)cc1. The molecule has 40 heavy (non-hydrogen) atoms. The van der Waals surface area contributed by atoms with Gasteiger partial charge in [-0.2, -0.15) is 0 Å². The van der Waals surface area contributed by atoms with E-state index in [1.54, 1.807) is 14.2 Å². The van der Waals surface area contributed by atoms with Crippen molar-refractivity contribution in [3.05, 3.63) is 90.1 Å². The topological polar surface area (TPSA) is 66.9 Å². The Kier molecular flexibility index (Phi) is 9.84. The number of fused-ring (bicyclic) bond motifs is 1. The zero-order valence-electron chi connectivity index (χ0n) is 24.2. The average molecular weight is 541 g/mol. The lowest BCUT2D eigenvalue weighted by molar-refractivity contribution is -0.131. The molecular weight excluding hydrogens is 500 g/mol. The molecule has 1 amide bonds. The highest BCUT2D eigenvalue weighted by atomic mass is 16.5. The fourth-order valence-electron chi connectivity index (χ4n) is 4.76. The number of aromatic nitrogens is 1.